The van der Waals surface area contributed by atoms with Gasteiger partial charge in [-0.15, -0.1) is 0 Å². The van der Waals surface area contributed by atoms with E-state index < -0.39 is 35.3 Å². The highest BCUT2D eigenvalue weighted by Crippen LogP contribution is 2.31. The Kier molecular flexibility index (Phi) is 4.22. The lowest BCUT2D eigenvalue weighted by Crippen LogP contribution is -2.36. The Hall–Kier alpha value is -3.29. The third kappa shape index (κ3) is 3.03. The maximum absolute atomic E-state index is 12.7. The van der Waals surface area contributed by atoms with Crippen LogP contribution in [-0.2, 0) is 17.3 Å². The third-order valence-corrected chi connectivity index (χ3v) is 4.56. The van der Waals surface area contributed by atoms with Crippen molar-refractivity contribution in [1.82, 2.24) is 14.5 Å². The molecule has 0 saturated carbocycles. The lowest BCUT2D eigenvalue weighted by Gasteiger charge is -2.19. The molecule has 0 bridgehead atoms. The monoisotopic (exact) mass is 371 g/mol. The molecule has 8 nitrogen and oxygen atoms in total. The number of aromatic nitrogens is 2. The van der Waals surface area contributed by atoms with Gasteiger partial charge < -0.3 is 15.5 Å². The molecule has 3 rings (SSSR count). The second kappa shape index (κ2) is 6.15. The van der Waals surface area contributed by atoms with Crippen molar-refractivity contribution >= 4 is 28.3 Å². The van der Waals surface area contributed by atoms with Gasteiger partial charge in [-0.3, -0.25) is 14.4 Å². The summed E-state index contributed by atoms with van der Waals surface area (Å²) in [4.78, 5) is 35.6. The fourth-order valence-corrected chi connectivity index (χ4v) is 3.08. The van der Waals surface area contributed by atoms with E-state index in [0.29, 0.717) is 5.52 Å². The summed E-state index contributed by atoms with van der Waals surface area (Å²) in [6.45, 7) is 5.58. The molecule has 3 aromatic rings. The summed E-state index contributed by atoms with van der Waals surface area (Å²) in [6, 6.07) is 7.52. The molecule has 27 heavy (non-hydrogen) atoms. The largest absolute Gasteiger partial charge is 0.505 e. The number of amides is 1. The normalized spacial score (nSPS) is 11.9. The fraction of sp³-hybridized carbons (Fsp3) is 0.316. The molecule has 0 radical (unpaired) electrons. The average molecular weight is 371 g/mol. The number of rotatable bonds is 3. The molecule has 0 spiro atoms. The van der Waals surface area contributed by atoms with E-state index in [1.165, 1.54) is 11.7 Å². The number of carbonyl (C=O) groups excluding carboxylic acids is 1. The third-order valence-electron chi connectivity index (χ3n) is 4.56. The van der Waals surface area contributed by atoms with Crippen LogP contribution in [-0.4, -0.2) is 37.8 Å². The van der Waals surface area contributed by atoms with Crippen LogP contribution in [0.3, 0.4) is 0 Å². The Bertz CT molecular complexity index is 1150. The van der Waals surface area contributed by atoms with Crippen LogP contribution in [0.4, 0.5) is 0 Å². The van der Waals surface area contributed by atoms with E-state index in [4.69, 9.17) is 5.11 Å². The van der Waals surface area contributed by atoms with Crippen molar-refractivity contribution in [2.45, 2.75) is 26.2 Å². The van der Waals surface area contributed by atoms with E-state index in [1.807, 2.05) is 18.2 Å². The minimum atomic E-state index is -1.25. The van der Waals surface area contributed by atoms with Crippen molar-refractivity contribution in [3.05, 3.63) is 45.7 Å². The summed E-state index contributed by atoms with van der Waals surface area (Å²) >= 11 is 0. The first-order valence-electron chi connectivity index (χ1n) is 8.40. The summed E-state index contributed by atoms with van der Waals surface area (Å²) in [5, 5.41) is 22.2. The smallest absolute Gasteiger partial charge is 0.322 e. The summed E-state index contributed by atoms with van der Waals surface area (Å²) in [7, 11) is 1.49. The first-order valence-corrected chi connectivity index (χ1v) is 8.40. The standard InChI is InChI=1S/C19H21N3O5/c1-19(2,3)11-6-5-10-7-13-16(25)15(17(26)20-9-14(23)24)18(27)21(4)22(13)12(10)8-11/h5-8,25H,9H2,1-4H3,(H,20,26)(H,23,24). The molecule has 2 heterocycles. The van der Waals surface area contributed by atoms with Gasteiger partial charge >= 0.3 is 5.97 Å². The first kappa shape index (κ1) is 18.5. The number of aryl methyl sites for hydroxylation is 1. The van der Waals surface area contributed by atoms with E-state index >= 15 is 0 Å². The fourth-order valence-electron chi connectivity index (χ4n) is 3.08. The Morgan fingerprint density at radius 2 is 1.81 bits per heavy atom. The van der Waals surface area contributed by atoms with Crippen molar-refractivity contribution in [3.8, 4) is 5.75 Å². The number of aromatic hydroxyl groups is 1. The molecular weight excluding hydrogens is 350 g/mol. The van der Waals surface area contributed by atoms with Crippen LogP contribution >= 0.6 is 0 Å². The Morgan fingerprint density at radius 3 is 2.41 bits per heavy atom. The second-order valence-corrected chi connectivity index (χ2v) is 7.49. The Labute approximate surface area is 154 Å². The van der Waals surface area contributed by atoms with Gasteiger partial charge in [-0.2, -0.15) is 0 Å². The van der Waals surface area contributed by atoms with Gasteiger partial charge in [0.15, 0.2) is 5.75 Å². The lowest BCUT2D eigenvalue weighted by atomic mass is 9.87. The molecule has 8 heteroatoms. The van der Waals surface area contributed by atoms with Crippen LogP contribution in [0.25, 0.3) is 16.4 Å². The molecule has 0 fully saturated rings. The van der Waals surface area contributed by atoms with E-state index in [9.17, 15) is 19.5 Å². The van der Waals surface area contributed by atoms with Gasteiger partial charge in [0.25, 0.3) is 11.5 Å². The Balaban J connectivity index is 2.29. The maximum atomic E-state index is 12.7. The van der Waals surface area contributed by atoms with Crippen LogP contribution in [0.1, 0.15) is 36.7 Å². The summed E-state index contributed by atoms with van der Waals surface area (Å²) in [6.07, 6.45) is 0. The summed E-state index contributed by atoms with van der Waals surface area (Å²) in [5.41, 5.74) is 0.774. The number of nitrogens with zero attached hydrogens (tertiary/aromatic N) is 2. The highest BCUT2D eigenvalue weighted by molar-refractivity contribution is 6.01. The van der Waals surface area contributed by atoms with Crippen LogP contribution in [0, 0.1) is 0 Å². The van der Waals surface area contributed by atoms with Crippen molar-refractivity contribution in [2.75, 3.05) is 6.54 Å². The van der Waals surface area contributed by atoms with Crippen molar-refractivity contribution in [2.24, 2.45) is 7.05 Å². The molecule has 1 amide bonds. The molecule has 0 saturated heterocycles. The predicted molar refractivity (Wildman–Crippen MR) is 100 cm³/mol. The van der Waals surface area contributed by atoms with Crippen molar-refractivity contribution < 1.29 is 19.8 Å². The zero-order valence-corrected chi connectivity index (χ0v) is 15.5. The summed E-state index contributed by atoms with van der Waals surface area (Å²) < 4.78 is 2.79. The van der Waals surface area contributed by atoms with Crippen LogP contribution in [0.15, 0.2) is 29.1 Å². The minimum absolute atomic E-state index is 0.101. The zero-order valence-electron chi connectivity index (χ0n) is 15.5. The molecule has 0 aliphatic carbocycles. The highest BCUT2D eigenvalue weighted by Gasteiger charge is 2.24. The zero-order chi connectivity index (χ0) is 20.1. The number of hydrogen-bond acceptors (Lipinski definition) is 4. The van der Waals surface area contributed by atoms with E-state index in [-0.39, 0.29) is 5.41 Å². The van der Waals surface area contributed by atoms with Gasteiger partial charge in [-0.1, -0.05) is 32.9 Å². The number of hydrogen-bond donors (Lipinski definition) is 3. The number of carboxylic acid groups (broad SMARTS) is 1. The number of nitrogens with one attached hydrogen (secondary N) is 1. The first-order chi connectivity index (χ1) is 12.5. The second-order valence-electron chi connectivity index (χ2n) is 7.49. The molecule has 1 aromatic carbocycles. The predicted octanol–water partition coefficient (Wildman–Crippen LogP) is 1.61. The van der Waals surface area contributed by atoms with Gasteiger partial charge in [0.2, 0.25) is 0 Å². The highest BCUT2D eigenvalue weighted by atomic mass is 16.4. The van der Waals surface area contributed by atoms with Gasteiger partial charge in [0.1, 0.15) is 17.6 Å². The van der Waals surface area contributed by atoms with Gasteiger partial charge in [0.05, 0.1) is 5.52 Å². The van der Waals surface area contributed by atoms with Gasteiger partial charge in [-0.05, 0) is 23.1 Å². The molecule has 0 aliphatic rings. The van der Waals surface area contributed by atoms with E-state index in [0.717, 1.165) is 16.5 Å². The maximum Gasteiger partial charge on any atom is 0.322 e. The summed E-state index contributed by atoms with van der Waals surface area (Å²) in [5.74, 6) is -2.66. The van der Waals surface area contributed by atoms with Crippen molar-refractivity contribution in [3.63, 3.8) is 0 Å². The van der Waals surface area contributed by atoms with E-state index in [1.54, 1.807) is 10.6 Å². The van der Waals surface area contributed by atoms with Crippen molar-refractivity contribution in [1.29, 1.82) is 0 Å². The van der Waals surface area contributed by atoms with Crippen LogP contribution in [0.5, 0.6) is 5.75 Å². The minimum Gasteiger partial charge on any atom is -0.505 e. The van der Waals surface area contributed by atoms with Gasteiger partial charge in [0, 0.05) is 12.4 Å². The van der Waals surface area contributed by atoms with E-state index in [2.05, 4.69) is 26.1 Å². The average Bonchev–Trinajstić information content (AvgIpc) is 2.96. The quantitative estimate of drug-likeness (QED) is 0.647. The number of carbonyl (C=O) groups is 2. The number of carboxylic acids is 1. The molecule has 0 atom stereocenters. The molecule has 3 N–H and O–H groups in total. The number of fused-ring (bicyclic) bond motifs is 3. The molecular formula is C19H21N3O5. The molecule has 0 aliphatic heterocycles. The molecule has 142 valence electrons. The molecule has 2 aromatic heterocycles. The van der Waals surface area contributed by atoms with Crippen LogP contribution < -0.4 is 10.9 Å². The number of benzene rings is 1. The number of aliphatic carboxylic acids is 1. The van der Waals surface area contributed by atoms with Crippen LogP contribution in [0.2, 0.25) is 0 Å². The molecule has 0 unspecified atom stereocenters. The SMILES string of the molecule is Cn1c(=O)c(C(=O)NCC(=O)O)c(O)c2cc3ccc(C(C)(C)C)cc3n21. The lowest BCUT2D eigenvalue weighted by molar-refractivity contribution is -0.135. The van der Waals surface area contributed by atoms with Gasteiger partial charge in [-0.25, -0.2) is 9.20 Å². The Morgan fingerprint density at radius 1 is 1.15 bits per heavy atom. The topological polar surface area (TPSA) is 113 Å².